The van der Waals surface area contributed by atoms with E-state index in [1.165, 1.54) is 18.2 Å². The van der Waals surface area contributed by atoms with Crippen LogP contribution >= 0.6 is 0 Å². The van der Waals surface area contributed by atoms with Gasteiger partial charge in [-0.05, 0) is 43.2 Å². The molecule has 0 heterocycles. The zero-order valence-electron chi connectivity index (χ0n) is 13.4. The summed E-state index contributed by atoms with van der Waals surface area (Å²) in [7, 11) is -3.76. The fourth-order valence-electron chi connectivity index (χ4n) is 2.26. The summed E-state index contributed by atoms with van der Waals surface area (Å²) in [5, 5.41) is 14.0. The standard InChI is InChI=1S/C16H17FN2O4S/c1-10-4-5-12(8-14(10)17)11(2)18-13-6-7-15(19(20)21)16(9-13)24(3,22)23/h4-9,11,18H,1-3H3. The van der Waals surface area contributed by atoms with E-state index in [4.69, 9.17) is 0 Å². The van der Waals surface area contributed by atoms with Gasteiger partial charge >= 0.3 is 0 Å². The third-order valence-corrected chi connectivity index (χ3v) is 4.76. The smallest absolute Gasteiger partial charge is 0.288 e. The van der Waals surface area contributed by atoms with Crippen molar-refractivity contribution in [1.82, 2.24) is 0 Å². The zero-order chi connectivity index (χ0) is 18.1. The van der Waals surface area contributed by atoms with Crippen LogP contribution in [0.1, 0.15) is 24.1 Å². The monoisotopic (exact) mass is 352 g/mol. The highest BCUT2D eigenvalue weighted by molar-refractivity contribution is 7.90. The van der Waals surface area contributed by atoms with Crippen LogP contribution in [0.2, 0.25) is 0 Å². The lowest BCUT2D eigenvalue weighted by atomic mass is 10.1. The van der Waals surface area contributed by atoms with Gasteiger partial charge in [0, 0.05) is 24.1 Å². The molecule has 2 rings (SSSR count). The van der Waals surface area contributed by atoms with E-state index in [0.29, 0.717) is 16.8 Å². The molecule has 0 saturated heterocycles. The predicted molar refractivity (Wildman–Crippen MR) is 89.4 cm³/mol. The minimum atomic E-state index is -3.76. The second-order valence-electron chi connectivity index (χ2n) is 5.59. The van der Waals surface area contributed by atoms with Gasteiger partial charge in [-0.3, -0.25) is 10.1 Å². The molecule has 2 aromatic rings. The zero-order valence-corrected chi connectivity index (χ0v) is 14.2. The molecule has 0 aromatic heterocycles. The molecule has 0 spiro atoms. The van der Waals surface area contributed by atoms with Crippen molar-refractivity contribution in [3.8, 4) is 0 Å². The highest BCUT2D eigenvalue weighted by Gasteiger charge is 2.22. The van der Waals surface area contributed by atoms with Crippen molar-refractivity contribution in [1.29, 1.82) is 0 Å². The predicted octanol–water partition coefficient (Wildman–Crippen LogP) is 3.62. The van der Waals surface area contributed by atoms with Crippen molar-refractivity contribution in [3.05, 3.63) is 63.5 Å². The summed E-state index contributed by atoms with van der Waals surface area (Å²) >= 11 is 0. The van der Waals surface area contributed by atoms with Crippen molar-refractivity contribution in [2.45, 2.75) is 24.8 Å². The van der Waals surface area contributed by atoms with E-state index in [0.717, 1.165) is 12.3 Å². The molecule has 0 aliphatic carbocycles. The van der Waals surface area contributed by atoms with Gasteiger partial charge in [-0.2, -0.15) is 0 Å². The fraction of sp³-hybridized carbons (Fsp3) is 0.250. The van der Waals surface area contributed by atoms with Crippen molar-refractivity contribution in [3.63, 3.8) is 0 Å². The summed E-state index contributed by atoms with van der Waals surface area (Å²) in [6.45, 7) is 3.44. The van der Waals surface area contributed by atoms with Crippen LogP contribution in [0.5, 0.6) is 0 Å². The topological polar surface area (TPSA) is 89.3 Å². The Morgan fingerprint density at radius 2 is 1.88 bits per heavy atom. The fourth-order valence-corrected chi connectivity index (χ4v) is 3.13. The number of sulfone groups is 1. The normalized spacial score (nSPS) is 12.7. The van der Waals surface area contributed by atoms with Crippen LogP contribution in [0.15, 0.2) is 41.3 Å². The number of nitro benzene ring substituents is 1. The van der Waals surface area contributed by atoms with E-state index < -0.39 is 20.4 Å². The minimum Gasteiger partial charge on any atom is -0.378 e. The van der Waals surface area contributed by atoms with Crippen LogP contribution in [0, 0.1) is 22.9 Å². The number of anilines is 1. The van der Waals surface area contributed by atoms with Crippen LogP contribution in [0.25, 0.3) is 0 Å². The van der Waals surface area contributed by atoms with Crippen molar-refractivity contribution >= 4 is 21.2 Å². The van der Waals surface area contributed by atoms with Crippen LogP contribution in [0.3, 0.4) is 0 Å². The van der Waals surface area contributed by atoms with E-state index in [2.05, 4.69) is 5.32 Å². The molecule has 128 valence electrons. The molecule has 24 heavy (non-hydrogen) atoms. The largest absolute Gasteiger partial charge is 0.378 e. The SMILES string of the molecule is Cc1ccc(C(C)Nc2ccc([N+](=O)[O-])c(S(C)(=O)=O)c2)cc1F. The van der Waals surface area contributed by atoms with Gasteiger partial charge in [-0.15, -0.1) is 0 Å². The number of nitro groups is 1. The molecule has 0 aliphatic heterocycles. The Labute approximate surface area is 139 Å². The first-order valence-corrected chi connectivity index (χ1v) is 9.00. The van der Waals surface area contributed by atoms with Gasteiger partial charge in [-0.1, -0.05) is 12.1 Å². The van der Waals surface area contributed by atoms with Gasteiger partial charge in [0.05, 0.1) is 4.92 Å². The first-order chi connectivity index (χ1) is 11.1. The average molecular weight is 352 g/mol. The van der Waals surface area contributed by atoms with Gasteiger partial charge in [0.15, 0.2) is 9.84 Å². The number of benzene rings is 2. The summed E-state index contributed by atoms with van der Waals surface area (Å²) < 4.78 is 37.2. The Hall–Kier alpha value is -2.48. The van der Waals surface area contributed by atoms with Gasteiger partial charge < -0.3 is 5.32 Å². The molecule has 6 nitrogen and oxygen atoms in total. The molecular weight excluding hydrogens is 335 g/mol. The maximum atomic E-state index is 13.7. The Balaban J connectivity index is 2.36. The van der Waals surface area contributed by atoms with Gasteiger partial charge in [0.25, 0.3) is 5.69 Å². The minimum absolute atomic E-state index is 0.311. The van der Waals surface area contributed by atoms with Crippen LogP contribution < -0.4 is 5.32 Å². The molecule has 0 radical (unpaired) electrons. The Morgan fingerprint density at radius 3 is 2.42 bits per heavy atom. The van der Waals surface area contributed by atoms with Gasteiger partial charge in [0.1, 0.15) is 10.7 Å². The van der Waals surface area contributed by atoms with E-state index in [-0.39, 0.29) is 16.8 Å². The van der Waals surface area contributed by atoms with Crippen LogP contribution in [-0.2, 0) is 9.84 Å². The molecule has 1 unspecified atom stereocenters. The number of halogens is 1. The molecule has 8 heteroatoms. The Bertz CT molecular complexity index is 897. The summed E-state index contributed by atoms with van der Waals surface area (Å²) in [5.74, 6) is -0.332. The lowest BCUT2D eigenvalue weighted by Crippen LogP contribution is -2.09. The third kappa shape index (κ3) is 3.88. The Morgan fingerprint density at radius 1 is 1.21 bits per heavy atom. The first-order valence-electron chi connectivity index (χ1n) is 7.10. The van der Waals surface area contributed by atoms with E-state index in [9.17, 15) is 22.9 Å². The number of nitrogens with zero attached hydrogens (tertiary/aromatic N) is 1. The van der Waals surface area contributed by atoms with Gasteiger partial charge in [-0.25, -0.2) is 12.8 Å². The number of rotatable bonds is 5. The number of hydrogen-bond donors (Lipinski definition) is 1. The van der Waals surface area contributed by atoms with E-state index in [1.54, 1.807) is 26.0 Å². The lowest BCUT2D eigenvalue weighted by molar-refractivity contribution is -0.387. The second-order valence-corrected chi connectivity index (χ2v) is 7.57. The van der Waals surface area contributed by atoms with Crippen molar-refractivity contribution in [2.75, 3.05) is 11.6 Å². The maximum Gasteiger partial charge on any atom is 0.288 e. The molecule has 0 fully saturated rings. The summed E-state index contributed by atoms with van der Waals surface area (Å²) in [6, 6.07) is 8.29. The second kappa shape index (κ2) is 6.56. The molecular formula is C16H17FN2O4S. The molecule has 1 N–H and O–H groups in total. The van der Waals surface area contributed by atoms with Crippen LogP contribution in [-0.4, -0.2) is 19.6 Å². The summed E-state index contributed by atoms with van der Waals surface area (Å²) in [6.07, 6.45) is 0.915. The molecule has 0 amide bonds. The summed E-state index contributed by atoms with van der Waals surface area (Å²) in [4.78, 5) is 9.87. The van der Waals surface area contributed by atoms with Gasteiger partial charge in [0.2, 0.25) is 0 Å². The molecule has 0 bridgehead atoms. The first kappa shape index (κ1) is 17.9. The Kier molecular flexibility index (Phi) is 4.88. The lowest BCUT2D eigenvalue weighted by Gasteiger charge is -2.17. The number of nitrogens with one attached hydrogen (secondary N) is 1. The van der Waals surface area contributed by atoms with Crippen molar-refractivity contribution in [2.24, 2.45) is 0 Å². The van der Waals surface area contributed by atoms with E-state index in [1.807, 2.05) is 0 Å². The molecule has 2 aromatic carbocycles. The quantitative estimate of drug-likeness (QED) is 0.656. The summed E-state index contributed by atoms with van der Waals surface area (Å²) in [5.41, 5.74) is 1.13. The number of aryl methyl sites for hydroxylation is 1. The number of hydrogen-bond acceptors (Lipinski definition) is 5. The maximum absolute atomic E-state index is 13.7. The molecule has 0 saturated carbocycles. The van der Waals surface area contributed by atoms with Crippen molar-refractivity contribution < 1.29 is 17.7 Å². The average Bonchev–Trinajstić information content (AvgIpc) is 2.48. The highest BCUT2D eigenvalue weighted by atomic mass is 32.2. The van der Waals surface area contributed by atoms with E-state index >= 15 is 0 Å². The molecule has 1 atom stereocenters. The molecule has 0 aliphatic rings. The highest BCUT2D eigenvalue weighted by Crippen LogP contribution is 2.29. The van der Waals surface area contributed by atoms with Crippen LogP contribution in [0.4, 0.5) is 15.8 Å². The third-order valence-electron chi connectivity index (χ3n) is 3.64.